The van der Waals surface area contributed by atoms with Crippen molar-refractivity contribution in [3.8, 4) is 11.4 Å². The van der Waals surface area contributed by atoms with Crippen LogP contribution in [0.4, 0.5) is 5.69 Å². The minimum absolute atomic E-state index is 0.103. The lowest BCUT2D eigenvalue weighted by Crippen LogP contribution is -1.96. The Morgan fingerprint density at radius 2 is 1.96 bits per heavy atom. The predicted octanol–water partition coefficient (Wildman–Crippen LogP) is 3.99. The van der Waals surface area contributed by atoms with Gasteiger partial charge in [0.2, 0.25) is 0 Å². The molecule has 1 aromatic heterocycles. The van der Waals surface area contributed by atoms with Gasteiger partial charge in [0.15, 0.2) is 11.0 Å². The molecule has 3 aromatic rings. The number of rotatable bonds is 5. The zero-order valence-corrected chi connectivity index (χ0v) is 14.2. The third-order valence-electron chi connectivity index (χ3n) is 3.71. The number of thioether (sulfide) groups is 1. The van der Waals surface area contributed by atoms with Gasteiger partial charge in [-0.15, -0.1) is 10.2 Å². The highest BCUT2D eigenvalue weighted by Gasteiger charge is 2.13. The molecule has 122 valence electrons. The van der Waals surface area contributed by atoms with E-state index in [9.17, 15) is 10.1 Å². The maximum Gasteiger partial charge on any atom is 0.269 e. The molecule has 0 N–H and O–H groups in total. The van der Waals surface area contributed by atoms with E-state index in [2.05, 4.69) is 10.2 Å². The van der Waals surface area contributed by atoms with Crippen molar-refractivity contribution in [3.05, 3.63) is 69.8 Å². The lowest BCUT2D eigenvalue weighted by atomic mass is 10.1. The fraction of sp³-hybridized carbons (Fsp3) is 0.176. The van der Waals surface area contributed by atoms with Gasteiger partial charge in [-0.25, -0.2) is 0 Å². The standard InChI is InChI=1S/C17H16N4O2S/c1-12-6-3-4-9-15(12)16-18-19-17(20(16)2)24-11-13-7-5-8-14(10-13)21(22)23/h3-10H,11H2,1-2H3. The summed E-state index contributed by atoms with van der Waals surface area (Å²) in [5.41, 5.74) is 3.18. The van der Waals surface area contributed by atoms with Crippen LogP contribution in [0, 0.1) is 17.0 Å². The summed E-state index contributed by atoms with van der Waals surface area (Å²) in [5.74, 6) is 1.41. The second-order valence-electron chi connectivity index (χ2n) is 5.40. The third-order valence-corrected chi connectivity index (χ3v) is 4.80. The third kappa shape index (κ3) is 3.30. The number of nitro groups is 1. The van der Waals surface area contributed by atoms with Crippen molar-refractivity contribution in [2.24, 2.45) is 7.05 Å². The lowest BCUT2D eigenvalue weighted by Gasteiger charge is -2.06. The molecule has 0 saturated heterocycles. The van der Waals surface area contributed by atoms with E-state index in [0.29, 0.717) is 5.75 Å². The van der Waals surface area contributed by atoms with Crippen molar-refractivity contribution in [2.45, 2.75) is 17.8 Å². The molecule has 24 heavy (non-hydrogen) atoms. The van der Waals surface area contributed by atoms with Crippen molar-refractivity contribution in [2.75, 3.05) is 0 Å². The molecule has 7 heteroatoms. The monoisotopic (exact) mass is 340 g/mol. The van der Waals surface area contributed by atoms with Crippen molar-refractivity contribution in [3.63, 3.8) is 0 Å². The Labute approximate surface area is 143 Å². The zero-order valence-electron chi connectivity index (χ0n) is 13.3. The molecule has 6 nitrogen and oxygen atoms in total. The molecule has 3 rings (SSSR count). The Hall–Kier alpha value is -2.67. The number of aromatic nitrogens is 3. The molecule has 0 radical (unpaired) electrons. The van der Waals surface area contributed by atoms with Crippen LogP contribution in [0.25, 0.3) is 11.4 Å². The van der Waals surface area contributed by atoms with E-state index >= 15 is 0 Å². The van der Waals surface area contributed by atoms with Gasteiger partial charge in [-0.1, -0.05) is 48.2 Å². The van der Waals surface area contributed by atoms with Crippen molar-refractivity contribution in [1.29, 1.82) is 0 Å². The summed E-state index contributed by atoms with van der Waals surface area (Å²) in [4.78, 5) is 10.5. The molecule has 0 unspecified atom stereocenters. The highest BCUT2D eigenvalue weighted by atomic mass is 32.2. The van der Waals surface area contributed by atoms with Crippen molar-refractivity contribution < 1.29 is 4.92 Å². The average molecular weight is 340 g/mol. The number of hydrogen-bond donors (Lipinski definition) is 0. The molecule has 0 aliphatic carbocycles. The molecule has 0 saturated carbocycles. The topological polar surface area (TPSA) is 73.8 Å². The Morgan fingerprint density at radius 3 is 2.71 bits per heavy atom. The Balaban J connectivity index is 1.79. The summed E-state index contributed by atoms with van der Waals surface area (Å²) in [5, 5.41) is 20.2. The van der Waals surface area contributed by atoms with Gasteiger partial charge in [0, 0.05) is 30.5 Å². The summed E-state index contributed by atoms with van der Waals surface area (Å²) in [6.07, 6.45) is 0. The first-order chi connectivity index (χ1) is 11.6. The van der Waals surface area contributed by atoms with Gasteiger partial charge in [0.05, 0.1) is 4.92 Å². The van der Waals surface area contributed by atoms with Crippen LogP contribution in [0.1, 0.15) is 11.1 Å². The van der Waals surface area contributed by atoms with E-state index in [1.54, 1.807) is 12.1 Å². The van der Waals surface area contributed by atoms with E-state index in [0.717, 1.165) is 27.7 Å². The second-order valence-corrected chi connectivity index (χ2v) is 6.34. The first-order valence-electron chi connectivity index (χ1n) is 7.38. The van der Waals surface area contributed by atoms with Crippen LogP contribution >= 0.6 is 11.8 Å². The molecular formula is C17H16N4O2S. The Bertz CT molecular complexity index is 892. The predicted molar refractivity (Wildman–Crippen MR) is 93.8 cm³/mol. The molecule has 0 aliphatic rings. The maximum atomic E-state index is 10.8. The zero-order chi connectivity index (χ0) is 17.1. The van der Waals surface area contributed by atoms with Gasteiger partial charge < -0.3 is 4.57 Å². The average Bonchev–Trinajstić information content (AvgIpc) is 2.94. The SMILES string of the molecule is Cc1ccccc1-c1nnc(SCc2cccc([N+](=O)[O-])c2)n1C. The van der Waals surface area contributed by atoms with Crippen LogP contribution in [-0.4, -0.2) is 19.7 Å². The van der Waals surface area contributed by atoms with Gasteiger partial charge in [0.1, 0.15) is 0 Å². The highest BCUT2D eigenvalue weighted by molar-refractivity contribution is 7.98. The number of hydrogen-bond acceptors (Lipinski definition) is 5. The van der Waals surface area contributed by atoms with Crippen molar-refractivity contribution >= 4 is 17.4 Å². The van der Waals surface area contributed by atoms with E-state index in [1.807, 2.05) is 48.9 Å². The summed E-state index contributed by atoms with van der Waals surface area (Å²) in [7, 11) is 1.93. The van der Waals surface area contributed by atoms with Gasteiger partial charge in [0.25, 0.3) is 5.69 Å². The van der Waals surface area contributed by atoms with Crippen LogP contribution < -0.4 is 0 Å². The van der Waals surface area contributed by atoms with Crippen molar-refractivity contribution in [1.82, 2.24) is 14.8 Å². The lowest BCUT2D eigenvalue weighted by molar-refractivity contribution is -0.384. The largest absolute Gasteiger partial charge is 0.305 e. The quantitative estimate of drug-likeness (QED) is 0.399. The Kier molecular flexibility index (Phi) is 4.61. The fourth-order valence-electron chi connectivity index (χ4n) is 2.41. The molecule has 0 bridgehead atoms. The second kappa shape index (κ2) is 6.84. The summed E-state index contributed by atoms with van der Waals surface area (Å²) >= 11 is 1.51. The normalized spacial score (nSPS) is 10.8. The number of aryl methyl sites for hydroxylation is 1. The summed E-state index contributed by atoms with van der Waals surface area (Å²) < 4.78 is 1.95. The molecule has 1 heterocycles. The molecule has 0 atom stereocenters. The first kappa shape index (κ1) is 16.2. The molecular weight excluding hydrogens is 324 g/mol. The van der Waals surface area contributed by atoms with Gasteiger partial charge in [-0.05, 0) is 18.1 Å². The van der Waals surface area contributed by atoms with E-state index in [1.165, 1.54) is 17.8 Å². The van der Waals surface area contributed by atoms with Crippen LogP contribution in [0.15, 0.2) is 53.7 Å². The van der Waals surface area contributed by atoms with Gasteiger partial charge in [-0.3, -0.25) is 10.1 Å². The molecule has 0 amide bonds. The fourth-order valence-corrected chi connectivity index (χ4v) is 3.26. The molecule has 2 aromatic carbocycles. The minimum atomic E-state index is -0.382. The van der Waals surface area contributed by atoms with E-state index in [4.69, 9.17) is 0 Å². The number of nitrogens with zero attached hydrogens (tertiary/aromatic N) is 4. The highest BCUT2D eigenvalue weighted by Crippen LogP contribution is 2.27. The number of nitro benzene ring substituents is 1. The molecule has 0 fully saturated rings. The number of benzene rings is 2. The minimum Gasteiger partial charge on any atom is -0.305 e. The smallest absolute Gasteiger partial charge is 0.269 e. The number of non-ortho nitro benzene ring substituents is 1. The van der Waals surface area contributed by atoms with E-state index in [-0.39, 0.29) is 10.6 Å². The molecule has 0 spiro atoms. The summed E-state index contributed by atoms with van der Waals surface area (Å²) in [6.45, 7) is 2.04. The van der Waals surface area contributed by atoms with Crippen LogP contribution in [0.3, 0.4) is 0 Å². The van der Waals surface area contributed by atoms with E-state index < -0.39 is 0 Å². The summed E-state index contributed by atoms with van der Waals surface area (Å²) in [6, 6.07) is 14.7. The van der Waals surface area contributed by atoms with Crippen LogP contribution in [-0.2, 0) is 12.8 Å². The maximum absolute atomic E-state index is 10.8. The van der Waals surface area contributed by atoms with Gasteiger partial charge >= 0.3 is 0 Å². The van der Waals surface area contributed by atoms with Crippen LogP contribution in [0.5, 0.6) is 0 Å². The van der Waals surface area contributed by atoms with Gasteiger partial charge in [-0.2, -0.15) is 0 Å². The Morgan fingerprint density at radius 1 is 1.17 bits per heavy atom. The van der Waals surface area contributed by atoms with Crippen LogP contribution in [0.2, 0.25) is 0 Å². The first-order valence-corrected chi connectivity index (χ1v) is 8.36. The molecule has 0 aliphatic heterocycles.